The molecule has 0 atom stereocenters. The number of halogens is 1. The first-order chi connectivity index (χ1) is 11.0. The Morgan fingerprint density at radius 2 is 1.91 bits per heavy atom. The van der Waals surface area contributed by atoms with E-state index >= 15 is 0 Å². The van der Waals surface area contributed by atoms with E-state index in [9.17, 15) is 19.1 Å². The highest BCUT2D eigenvalue weighted by Crippen LogP contribution is 2.26. The Morgan fingerprint density at radius 3 is 2.57 bits per heavy atom. The fraction of sp³-hybridized carbons (Fsp3) is 0.0625. The van der Waals surface area contributed by atoms with Gasteiger partial charge in [-0.1, -0.05) is 12.1 Å². The molecular formula is C16H10FNO5. The molecule has 0 radical (unpaired) electrons. The Hall–Kier alpha value is -3.22. The molecule has 6 nitrogen and oxygen atoms in total. The van der Waals surface area contributed by atoms with Crippen molar-refractivity contribution in [1.82, 2.24) is 4.98 Å². The van der Waals surface area contributed by atoms with Crippen LogP contribution in [-0.4, -0.2) is 21.2 Å². The topological polar surface area (TPSA) is 101 Å². The fourth-order valence-corrected chi connectivity index (χ4v) is 2.24. The van der Waals surface area contributed by atoms with E-state index in [0.717, 1.165) is 5.56 Å². The molecule has 0 aliphatic rings. The third-order valence-electron chi connectivity index (χ3n) is 3.33. The normalized spacial score (nSPS) is 10.8. The molecular weight excluding hydrogens is 305 g/mol. The van der Waals surface area contributed by atoms with Crippen molar-refractivity contribution < 1.29 is 23.8 Å². The van der Waals surface area contributed by atoms with Crippen LogP contribution in [0.25, 0.3) is 11.1 Å². The molecule has 0 amide bonds. The van der Waals surface area contributed by atoms with Crippen molar-refractivity contribution in [1.29, 1.82) is 0 Å². The van der Waals surface area contributed by atoms with Crippen molar-refractivity contribution in [2.45, 2.75) is 6.42 Å². The summed E-state index contributed by atoms with van der Waals surface area (Å²) >= 11 is 0. The first-order valence-electron chi connectivity index (χ1n) is 6.58. The number of fused-ring (bicyclic) bond motifs is 1. The molecule has 2 N–H and O–H groups in total. The highest BCUT2D eigenvalue weighted by molar-refractivity contribution is 5.96. The number of nitrogens with zero attached hydrogens (tertiary/aromatic N) is 1. The predicted octanol–water partition coefficient (Wildman–Crippen LogP) is 2.32. The molecule has 0 saturated heterocycles. The van der Waals surface area contributed by atoms with Gasteiger partial charge in [0.1, 0.15) is 11.6 Å². The number of carboxylic acid groups (broad SMARTS) is 1. The largest absolute Gasteiger partial charge is 0.506 e. The molecule has 3 aromatic rings. The highest BCUT2D eigenvalue weighted by atomic mass is 19.1. The van der Waals surface area contributed by atoms with Crippen LogP contribution in [0.5, 0.6) is 5.75 Å². The van der Waals surface area contributed by atoms with Crippen LogP contribution >= 0.6 is 0 Å². The summed E-state index contributed by atoms with van der Waals surface area (Å²) in [6.45, 7) is 0. The molecule has 0 spiro atoms. The van der Waals surface area contributed by atoms with E-state index in [2.05, 4.69) is 4.98 Å². The van der Waals surface area contributed by atoms with Crippen LogP contribution in [-0.2, 0) is 6.42 Å². The maximum absolute atomic E-state index is 12.9. The van der Waals surface area contributed by atoms with Gasteiger partial charge >= 0.3 is 11.6 Å². The second-order valence-electron chi connectivity index (χ2n) is 4.92. The summed E-state index contributed by atoms with van der Waals surface area (Å²) in [7, 11) is 0. The molecule has 0 aliphatic heterocycles. The van der Waals surface area contributed by atoms with Crippen LogP contribution in [0.2, 0.25) is 0 Å². The molecule has 2 heterocycles. The van der Waals surface area contributed by atoms with Gasteiger partial charge in [-0.25, -0.2) is 19.0 Å². The lowest BCUT2D eigenvalue weighted by Crippen LogP contribution is -2.14. The Morgan fingerprint density at radius 1 is 1.22 bits per heavy atom. The van der Waals surface area contributed by atoms with Gasteiger partial charge in [0, 0.05) is 6.20 Å². The van der Waals surface area contributed by atoms with Crippen molar-refractivity contribution in [2.24, 2.45) is 0 Å². The third-order valence-corrected chi connectivity index (χ3v) is 3.33. The molecule has 0 fully saturated rings. The number of hydrogen-bond acceptors (Lipinski definition) is 5. The number of rotatable bonds is 3. The maximum atomic E-state index is 12.9. The summed E-state index contributed by atoms with van der Waals surface area (Å²) in [4.78, 5) is 26.5. The zero-order valence-corrected chi connectivity index (χ0v) is 11.6. The van der Waals surface area contributed by atoms with E-state index in [-0.39, 0.29) is 16.9 Å². The Bertz CT molecular complexity index is 963. The van der Waals surface area contributed by atoms with Crippen LogP contribution < -0.4 is 5.63 Å². The van der Waals surface area contributed by atoms with Crippen LogP contribution in [0.4, 0.5) is 4.39 Å². The third kappa shape index (κ3) is 2.76. The molecule has 3 rings (SSSR count). The summed E-state index contributed by atoms with van der Waals surface area (Å²) in [5.41, 5.74) is -0.702. The van der Waals surface area contributed by atoms with Crippen molar-refractivity contribution in [2.75, 3.05) is 0 Å². The summed E-state index contributed by atoms with van der Waals surface area (Å²) in [6, 6.07) is 7.34. The molecule has 0 aliphatic carbocycles. The summed E-state index contributed by atoms with van der Waals surface area (Å²) in [6.07, 6.45) is 1.83. The van der Waals surface area contributed by atoms with Gasteiger partial charge < -0.3 is 14.6 Å². The molecule has 116 valence electrons. The predicted molar refractivity (Wildman–Crippen MR) is 78.1 cm³/mol. The number of benzene rings is 1. The second kappa shape index (κ2) is 5.53. The summed E-state index contributed by atoms with van der Waals surface area (Å²) in [5.74, 6) is -2.62. The first kappa shape index (κ1) is 14.7. The highest BCUT2D eigenvalue weighted by Gasteiger charge is 2.21. The Balaban J connectivity index is 2.09. The van der Waals surface area contributed by atoms with Gasteiger partial charge in [0.15, 0.2) is 5.56 Å². The smallest absolute Gasteiger partial charge is 0.356 e. The molecule has 23 heavy (non-hydrogen) atoms. The van der Waals surface area contributed by atoms with E-state index in [4.69, 9.17) is 9.52 Å². The summed E-state index contributed by atoms with van der Waals surface area (Å²) < 4.78 is 17.7. The molecule has 2 aromatic heterocycles. The van der Waals surface area contributed by atoms with Crippen LogP contribution in [0.15, 0.2) is 45.7 Å². The number of carboxylic acids is 1. The SMILES string of the molecule is O=C(O)c1c(O)c2cc(Cc3ccc(F)cc3)cnc2oc1=O. The minimum absolute atomic E-state index is 0.0293. The Kier molecular flexibility index (Phi) is 3.53. The average molecular weight is 315 g/mol. The number of aromatic hydroxyl groups is 1. The van der Waals surface area contributed by atoms with Crippen molar-refractivity contribution >= 4 is 17.1 Å². The standard InChI is InChI=1S/C16H10FNO5/c17-10-3-1-8(2-4-10)5-9-6-11-13(19)12(15(20)21)16(22)23-14(11)18-7-9/h1-4,6-7,19H,5H2,(H,20,21). The van der Waals surface area contributed by atoms with Gasteiger partial charge in [-0.15, -0.1) is 0 Å². The average Bonchev–Trinajstić information content (AvgIpc) is 2.50. The van der Waals surface area contributed by atoms with Gasteiger partial charge in [-0.05, 0) is 35.7 Å². The number of pyridine rings is 1. The maximum Gasteiger partial charge on any atom is 0.356 e. The molecule has 0 unspecified atom stereocenters. The van der Waals surface area contributed by atoms with Crippen LogP contribution in [0, 0.1) is 5.82 Å². The number of carbonyl (C=O) groups is 1. The fourth-order valence-electron chi connectivity index (χ4n) is 2.24. The lowest BCUT2D eigenvalue weighted by molar-refractivity contribution is 0.0689. The monoisotopic (exact) mass is 315 g/mol. The van der Waals surface area contributed by atoms with E-state index in [0.29, 0.717) is 12.0 Å². The Labute approximate surface area is 128 Å². The quantitative estimate of drug-likeness (QED) is 0.769. The van der Waals surface area contributed by atoms with E-state index in [1.54, 1.807) is 12.1 Å². The minimum Gasteiger partial charge on any atom is -0.506 e. The van der Waals surface area contributed by atoms with Crippen LogP contribution in [0.1, 0.15) is 21.5 Å². The molecule has 7 heteroatoms. The lowest BCUT2D eigenvalue weighted by Gasteiger charge is -2.06. The zero-order chi connectivity index (χ0) is 16.6. The van der Waals surface area contributed by atoms with Gasteiger partial charge in [0.25, 0.3) is 0 Å². The first-order valence-corrected chi connectivity index (χ1v) is 6.58. The second-order valence-corrected chi connectivity index (χ2v) is 4.92. The van der Waals surface area contributed by atoms with Gasteiger partial charge in [-0.2, -0.15) is 0 Å². The van der Waals surface area contributed by atoms with Crippen molar-refractivity contribution in [3.8, 4) is 5.75 Å². The van der Waals surface area contributed by atoms with Crippen molar-refractivity contribution in [3.63, 3.8) is 0 Å². The number of aromatic carboxylic acids is 1. The molecule has 1 aromatic carbocycles. The van der Waals surface area contributed by atoms with Crippen LogP contribution in [0.3, 0.4) is 0 Å². The molecule has 0 saturated carbocycles. The van der Waals surface area contributed by atoms with Gasteiger partial charge in [-0.3, -0.25) is 0 Å². The number of aromatic nitrogens is 1. The minimum atomic E-state index is -1.58. The van der Waals surface area contributed by atoms with E-state index < -0.39 is 22.9 Å². The zero-order valence-electron chi connectivity index (χ0n) is 11.6. The van der Waals surface area contributed by atoms with Gasteiger partial charge in [0.2, 0.25) is 5.71 Å². The van der Waals surface area contributed by atoms with Crippen molar-refractivity contribution in [3.05, 3.63) is 69.5 Å². The van der Waals surface area contributed by atoms with Gasteiger partial charge in [0.05, 0.1) is 5.39 Å². The lowest BCUT2D eigenvalue weighted by atomic mass is 10.0. The van der Waals surface area contributed by atoms with E-state index in [1.165, 1.54) is 24.4 Å². The summed E-state index contributed by atoms with van der Waals surface area (Å²) in [5, 5.41) is 19.0. The molecule has 0 bridgehead atoms. The number of hydrogen-bond donors (Lipinski definition) is 2. The van der Waals surface area contributed by atoms with E-state index in [1.807, 2.05) is 0 Å².